The Morgan fingerprint density at radius 2 is 0.692 bits per heavy atom. The van der Waals surface area contributed by atoms with Gasteiger partial charge in [0.15, 0.2) is 0 Å². The second-order valence-electron chi connectivity index (χ2n) is 13.6. The molecule has 0 unspecified atom stereocenters. The van der Waals surface area contributed by atoms with Crippen molar-refractivity contribution in [1.82, 2.24) is 0 Å². The number of benzene rings is 10. The van der Waals surface area contributed by atoms with Gasteiger partial charge in [-0.05, 0) is 111 Å². The first kappa shape index (κ1) is 30.1. The number of hydrogen-bond donors (Lipinski definition) is 0. The molecule has 0 amide bonds. The Morgan fingerprint density at radius 3 is 1.50 bits per heavy atom. The van der Waals surface area contributed by atoms with Crippen molar-refractivity contribution in [2.45, 2.75) is 0 Å². The third-order valence-electron chi connectivity index (χ3n) is 10.7. The van der Waals surface area contributed by atoms with Crippen LogP contribution in [-0.4, -0.2) is 0 Å². The highest BCUT2D eigenvalue weighted by Crippen LogP contribution is 2.47. The Hall–Kier alpha value is -6.76. The van der Waals surface area contributed by atoms with Crippen LogP contribution < -0.4 is 0 Å². The van der Waals surface area contributed by atoms with E-state index in [0.29, 0.717) is 0 Å². The monoisotopic (exact) mass is 658 g/mol. The van der Waals surface area contributed by atoms with E-state index in [2.05, 4.69) is 206 Å². The zero-order valence-corrected chi connectivity index (χ0v) is 28.6. The van der Waals surface area contributed by atoms with Gasteiger partial charge in [-0.2, -0.15) is 0 Å². The van der Waals surface area contributed by atoms with Gasteiger partial charge < -0.3 is 0 Å². The highest BCUT2D eigenvalue weighted by molar-refractivity contribution is 6.23. The molecule has 0 aliphatic carbocycles. The molecule has 0 nitrogen and oxygen atoms in total. The van der Waals surface area contributed by atoms with Gasteiger partial charge in [-0.25, -0.2) is 0 Å². The van der Waals surface area contributed by atoms with Crippen molar-refractivity contribution in [3.8, 4) is 55.6 Å². The number of rotatable bonds is 5. The zero-order valence-electron chi connectivity index (χ0n) is 28.6. The first-order valence-electron chi connectivity index (χ1n) is 18.0. The van der Waals surface area contributed by atoms with Gasteiger partial charge >= 0.3 is 0 Å². The molecule has 0 spiro atoms. The lowest BCUT2D eigenvalue weighted by molar-refractivity contribution is 1.60. The molecule has 0 aromatic heterocycles. The average Bonchev–Trinajstić information content (AvgIpc) is 3.22. The van der Waals surface area contributed by atoms with E-state index in [1.54, 1.807) is 0 Å². The highest BCUT2D eigenvalue weighted by atomic mass is 14.2. The molecule has 0 saturated heterocycles. The molecule has 52 heavy (non-hydrogen) atoms. The molecule has 0 fully saturated rings. The number of hydrogen-bond acceptors (Lipinski definition) is 0. The topological polar surface area (TPSA) is 0 Å². The summed E-state index contributed by atoms with van der Waals surface area (Å²) in [6.07, 6.45) is 0. The Bertz CT molecular complexity index is 2930. The average molecular weight is 659 g/mol. The van der Waals surface area contributed by atoms with E-state index in [9.17, 15) is 0 Å². The van der Waals surface area contributed by atoms with Gasteiger partial charge in [0, 0.05) is 0 Å². The summed E-state index contributed by atoms with van der Waals surface area (Å²) in [7, 11) is 0. The van der Waals surface area contributed by atoms with Crippen LogP contribution in [0.5, 0.6) is 0 Å². The quantitative estimate of drug-likeness (QED) is 0.161. The molecule has 0 saturated carbocycles. The van der Waals surface area contributed by atoms with Gasteiger partial charge in [0.05, 0.1) is 0 Å². The normalized spacial score (nSPS) is 11.5. The Labute approximate surface area is 303 Å². The fourth-order valence-corrected chi connectivity index (χ4v) is 8.19. The maximum atomic E-state index is 2.43. The number of fused-ring (bicyclic) bond motifs is 4. The minimum Gasteiger partial charge on any atom is -0.0622 e. The Kier molecular flexibility index (Phi) is 7.25. The molecule has 10 rings (SSSR count). The smallest absolute Gasteiger partial charge is 0.00199 e. The lowest BCUT2D eigenvalue weighted by atomic mass is 9.82. The predicted molar refractivity (Wildman–Crippen MR) is 224 cm³/mol. The van der Waals surface area contributed by atoms with Crippen molar-refractivity contribution >= 4 is 43.1 Å². The van der Waals surface area contributed by atoms with Gasteiger partial charge in [0.25, 0.3) is 0 Å². The van der Waals surface area contributed by atoms with E-state index in [4.69, 9.17) is 0 Å². The predicted octanol–water partition coefficient (Wildman–Crippen LogP) is 14.6. The molecule has 242 valence electrons. The molecule has 10 aromatic rings. The van der Waals surface area contributed by atoms with Crippen LogP contribution in [0.4, 0.5) is 0 Å². The summed E-state index contributed by atoms with van der Waals surface area (Å²) < 4.78 is 0. The summed E-state index contributed by atoms with van der Waals surface area (Å²) in [6, 6.07) is 75.6. The zero-order chi connectivity index (χ0) is 34.4. The fourth-order valence-electron chi connectivity index (χ4n) is 8.19. The molecule has 0 atom stereocenters. The van der Waals surface area contributed by atoms with Crippen LogP contribution in [0, 0.1) is 0 Å². The molecule has 0 N–H and O–H groups in total. The molecule has 0 aliphatic heterocycles. The summed E-state index contributed by atoms with van der Waals surface area (Å²) in [4.78, 5) is 0. The van der Waals surface area contributed by atoms with Crippen LogP contribution in [0.25, 0.3) is 98.7 Å². The van der Waals surface area contributed by atoms with Crippen LogP contribution >= 0.6 is 0 Å². The van der Waals surface area contributed by atoms with Crippen molar-refractivity contribution < 1.29 is 0 Å². The highest BCUT2D eigenvalue weighted by Gasteiger charge is 2.20. The van der Waals surface area contributed by atoms with E-state index < -0.39 is 0 Å². The van der Waals surface area contributed by atoms with Crippen LogP contribution in [-0.2, 0) is 0 Å². The SMILES string of the molecule is c1ccc(-c2ccccc2-c2c3ccccc3c(-c3ccc(-c4cccc5ccccc45)cc3)c3ccc(-c4ccc5ccccc5c4)cc23)cc1. The third kappa shape index (κ3) is 5.08. The molecular formula is C52H34. The maximum Gasteiger partial charge on any atom is -0.00199 e. The standard InChI is InChI=1S/C52H34/c1-2-14-36(15-3-1)45-20-8-9-21-46(45)52-48-23-11-10-22-47(48)51(39-28-26-38(27-29-39)44-24-12-18-37-16-6-7-19-43(37)44)49-32-31-42(34-50(49)52)41-30-25-35-13-4-5-17-40(35)33-41/h1-34H. The van der Waals surface area contributed by atoms with Gasteiger partial charge in [0.1, 0.15) is 0 Å². The van der Waals surface area contributed by atoms with Crippen molar-refractivity contribution in [2.24, 2.45) is 0 Å². The molecule has 0 radical (unpaired) electrons. The van der Waals surface area contributed by atoms with E-state index in [1.807, 2.05) is 0 Å². The summed E-state index contributed by atoms with van der Waals surface area (Å²) in [5, 5.41) is 10.0. The van der Waals surface area contributed by atoms with E-state index in [-0.39, 0.29) is 0 Å². The fraction of sp³-hybridized carbons (Fsp3) is 0. The van der Waals surface area contributed by atoms with Crippen molar-refractivity contribution in [2.75, 3.05) is 0 Å². The summed E-state index contributed by atoms with van der Waals surface area (Å²) >= 11 is 0. The van der Waals surface area contributed by atoms with Crippen molar-refractivity contribution in [3.63, 3.8) is 0 Å². The van der Waals surface area contributed by atoms with E-state index in [0.717, 1.165) is 0 Å². The lowest BCUT2D eigenvalue weighted by Gasteiger charge is -2.21. The van der Waals surface area contributed by atoms with Crippen LogP contribution in [0.15, 0.2) is 206 Å². The van der Waals surface area contributed by atoms with Crippen molar-refractivity contribution in [3.05, 3.63) is 206 Å². The summed E-state index contributed by atoms with van der Waals surface area (Å²) in [6.45, 7) is 0. The van der Waals surface area contributed by atoms with Gasteiger partial charge in [0.2, 0.25) is 0 Å². The maximum absolute atomic E-state index is 2.43. The molecular weight excluding hydrogens is 625 g/mol. The molecule has 0 aliphatic rings. The molecule has 0 heterocycles. The lowest BCUT2D eigenvalue weighted by Crippen LogP contribution is -1.93. The Morgan fingerprint density at radius 1 is 0.192 bits per heavy atom. The van der Waals surface area contributed by atoms with Gasteiger partial charge in [-0.3, -0.25) is 0 Å². The van der Waals surface area contributed by atoms with Gasteiger partial charge in [-0.1, -0.05) is 194 Å². The van der Waals surface area contributed by atoms with Crippen LogP contribution in [0.2, 0.25) is 0 Å². The summed E-state index contributed by atoms with van der Waals surface area (Å²) in [5.41, 5.74) is 12.3. The molecule has 0 heteroatoms. The van der Waals surface area contributed by atoms with Gasteiger partial charge in [-0.15, -0.1) is 0 Å². The van der Waals surface area contributed by atoms with Crippen molar-refractivity contribution in [1.29, 1.82) is 0 Å². The van der Waals surface area contributed by atoms with Crippen LogP contribution in [0.1, 0.15) is 0 Å². The van der Waals surface area contributed by atoms with Crippen LogP contribution in [0.3, 0.4) is 0 Å². The third-order valence-corrected chi connectivity index (χ3v) is 10.7. The molecule has 0 bridgehead atoms. The second kappa shape index (κ2) is 12.5. The second-order valence-corrected chi connectivity index (χ2v) is 13.6. The summed E-state index contributed by atoms with van der Waals surface area (Å²) in [5.74, 6) is 0. The first-order valence-corrected chi connectivity index (χ1v) is 18.0. The first-order chi connectivity index (χ1) is 25.8. The minimum atomic E-state index is 1.21. The molecule has 10 aromatic carbocycles. The largest absolute Gasteiger partial charge is 0.0622 e. The Balaban J connectivity index is 1.25. The van der Waals surface area contributed by atoms with E-state index >= 15 is 0 Å². The van der Waals surface area contributed by atoms with E-state index in [1.165, 1.54) is 98.7 Å². The minimum absolute atomic E-state index is 1.21.